The fourth-order valence-corrected chi connectivity index (χ4v) is 0.882. The SMILES string of the molecule is C=C[C@@H](N)c1cc(C)c(C)o1.Cl. The molecule has 0 spiro atoms. The predicted octanol–water partition coefficient (Wildman–Crippen LogP) is 2.50. The van der Waals surface area contributed by atoms with Gasteiger partial charge >= 0.3 is 0 Å². The van der Waals surface area contributed by atoms with Crippen molar-refractivity contribution in [3.8, 4) is 0 Å². The molecule has 1 heterocycles. The van der Waals surface area contributed by atoms with Crippen LogP contribution >= 0.6 is 12.4 Å². The van der Waals surface area contributed by atoms with E-state index in [0.29, 0.717) is 0 Å². The van der Waals surface area contributed by atoms with E-state index in [0.717, 1.165) is 17.1 Å². The van der Waals surface area contributed by atoms with E-state index in [-0.39, 0.29) is 18.4 Å². The van der Waals surface area contributed by atoms with Crippen molar-refractivity contribution in [2.24, 2.45) is 5.73 Å². The minimum Gasteiger partial charge on any atom is -0.464 e. The number of furan rings is 1. The average molecular weight is 188 g/mol. The van der Waals surface area contributed by atoms with Crippen molar-refractivity contribution in [1.29, 1.82) is 0 Å². The van der Waals surface area contributed by atoms with E-state index in [2.05, 4.69) is 6.58 Å². The third kappa shape index (κ3) is 2.13. The van der Waals surface area contributed by atoms with Crippen LogP contribution in [0.2, 0.25) is 0 Å². The lowest BCUT2D eigenvalue weighted by Gasteiger charge is -1.98. The van der Waals surface area contributed by atoms with Gasteiger partial charge in [0.05, 0.1) is 6.04 Å². The van der Waals surface area contributed by atoms with Crippen LogP contribution in [0.4, 0.5) is 0 Å². The zero-order valence-corrected chi connectivity index (χ0v) is 8.15. The number of aryl methyl sites for hydroxylation is 2. The zero-order chi connectivity index (χ0) is 8.43. The van der Waals surface area contributed by atoms with Gasteiger partial charge in [0, 0.05) is 0 Å². The largest absolute Gasteiger partial charge is 0.464 e. The highest BCUT2D eigenvalue weighted by molar-refractivity contribution is 5.85. The summed E-state index contributed by atoms with van der Waals surface area (Å²) in [6.07, 6.45) is 1.66. The van der Waals surface area contributed by atoms with Gasteiger partial charge in [-0.1, -0.05) is 6.08 Å². The highest BCUT2D eigenvalue weighted by Gasteiger charge is 2.07. The second kappa shape index (κ2) is 4.33. The van der Waals surface area contributed by atoms with E-state index in [4.69, 9.17) is 10.2 Å². The summed E-state index contributed by atoms with van der Waals surface area (Å²) in [5.41, 5.74) is 6.80. The maximum atomic E-state index is 5.66. The predicted molar refractivity (Wildman–Crippen MR) is 52.6 cm³/mol. The normalized spacial score (nSPS) is 11.9. The first-order valence-corrected chi connectivity index (χ1v) is 3.60. The summed E-state index contributed by atoms with van der Waals surface area (Å²) in [5.74, 6) is 1.72. The van der Waals surface area contributed by atoms with Gasteiger partial charge in [0.25, 0.3) is 0 Å². The van der Waals surface area contributed by atoms with Crippen LogP contribution in [0.25, 0.3) is 0 Å². The van der Waals surface area contributed by atoms with Crippen molar-refractivity contribution in [2.45, 2.75) is 19.9 Å². The topological polar surface area (TPSA) is 39.2 Å². The standard InChI is InChI=1S/C9H13NO.ClH/c1-4-8(10)9-5-6(2)7(3)11-9;/h4-5,8H,1,10H2,2-3H3;1H/t8-;/m1./s1. The van der Waals surface area contributed by atoms with Crippen LogP contribution in [-0.4, -0.2) is 0 Å². The summed E-state index contributed by atoms with van der Waals surface area (Å²) >= 11 is 0. The Bertz CT molecular complexity index is 248. The molecule has 0 amide bonds. The Balaban J connectivity index is 0.00000121. The Kier molecular flexibility index (Phi) is 4.07. The summed E-state index contributed by atoms with van der Waals surface area (Å²) in [6, 6.07) is 1.77. The molecule has 12 heavy (non-hydrogen) atoms. The molecule has 1 rings (SSSR count). The molecule has 1 aromatic heterocycles. The summed E-state index contributed by atoms with van der Waals surface area (Å²) < 4.78 is 5.37. The first-order valence-electron chi connectivity index (χ1n) is 3.60. The minimum atomic E-state index is -0.178. The third-order valence-corrected chi connectivity index (χ3v) is 1.77. The van der Waals surface area contributed by atoms with Crippen LogP contribution in [0.3, 0.4) is 0 Å². The monoisotopic (exact) mass is 187 g/mol. The van der Waals surface area contributed by atoms with Crippen LogP contribution < -0.4 is 5.73 Å². The van der Waals surface area contributed by atoms with E-state index in [1.807, 2.05) is 19.9 Å². The summed E-state index contributed by atoms with van der Waals surface area (Å²) in [4.78, 5) is 0. The second-order valence-corrected chi connectivity index (χ2v) is 2.65. The summed E-state index contributed by atoms with van der Waals surface area (Å²) in [5, 5.41) is 0. The Morgan fingerprint density at radius 2 is 2.17 bits per heavy atom. The van der Waals surface area contributed by atoms with Crippen molar-refractivity contribution in [3.05, 3.63) is 35.8 Å². The Hall–Kier alpha value is -0.730. The molecular formula is C9H14ClNO. The lowest BCUT2D eigenvalue weighted by atomic mass is 10.2. The molecule has 0 bridgehead atoms. The van der Waals surface area contributed by atoms with Gasteiger partial charge in [0.1, 0.15) is 11.5 Å². The van der Waals surface area contributed by atoms with E-state index in [9.17, 15) is 0 Å². The smallest absolute Gasteiger partial charge is 0.125 e. The first-order chi connectivity index (χ1) is 5.15. The fourth-order valence-electron chi connectivity index (χ4n) is 0.882. The molecule has 0 saturated heterocycles. The molecule has 2 N–H and O–H groups in total. The molecule has 0 fully saturated rings. The Morgan fingerprint density at radius 1 is 1.58 bits per heavy atom. The summed E-state index contributed by atoms with van der Waals surface area (Å²) in [6.45, 7) is 7.51. The van der Waals surface area contributed by atoms with Crippen molar-refractivity contribution >= 4 is 12.4 Å². The minimum absolute atomic E-state index is 0. The molecule has 1 atom stereocenters. The van der Waals surface area contributed by atoms with E-state index in [1.165, 1.54) is 0 Å². The molecule has 0 unspecified atom stereocenters. The van der Waals surface area contributed by atoms with Gasteiger partial charge in [0.15, 0.2) is 0 Å². The van der Waals surface area contributed by atoms with Crippen LogP contribution in [0, 0.1) is 13.8 Å². The number of hydrogen-bond donors (Lipinski definition) is 1. The number of nitrogens with two attached hydrogens (primary N) is 1. The summed E-state index contributed by atoms with van der Waals surface area (Å²) in [7, 11) is 0. The number of rotatable bonds is 2. The lowest BCUT2D eigenvalue weighted by Crippen LogP contribution is -2.04. The average Bonchev–Trinajstić information content (AvgIpc) is 2.31. The molecule has 0 aliphatic rings. The molecular weight excluding hydrogens is 174 g/mol. The molecule has 68 valence electrons. The van der Waals surface area contributed by atoms with Crippen molar-refractivity contribution in [3.63, 3.8) is 0 Å². The van der Waals surface area contributed by atoms with Gasteiger partial charge in [-0.05, 0) is 25.5 Å². The quantitative estimate of drug-likeness (QED) is 0.723. The Labute approximate surface area is 78.9 Å². The molecule has 0 aliphatic carbocycles. The van der Waals surface area contributed by atoms with Gasteiger partial charge in [-0.3, -0.25) is 0 Å². The molecule has 0 radical (unpaired) electrons. The number of halogens is 1. The highest BCUT2D eigenvalue weighted by Crippen LogP contribution is 2.18. The van der Waals surface area contributed by atoms with Gasteiger partial charge in [0.2, 0.25) is 0 Å². The molecule has 0 saturated carbocycles. The van der Waals surface area contributed by atoms with E-state index < -0.39 is 0 Å². The Morgan fingerprint density at radius 3 is 2.50 bits per heavy atom. The molecule has 0 aromatic carbocycles. The van der Waals surface area contributed by atoms with Crippen molar-refractivity contribution in [1.82, 2.24) is 0 Å². The van der Waals surface area contributed by atoms with Gasteiger partial charge in [-0.2, -0.15) is 0 Å². The van der Waals surface area contributed by atoms with Gasteiger partial charge in [-0.15, -0.1) is 19.0 Å². The maximum Gasteiger partial charge on any atom is 0.125 e. The maximum absolute atomic E-state index is 5.66. The van der Waals surface area contributed by atoms with Crippen LogP contribution in [-0.2, 0) is 0 Å². The molecule has 2 nitrogen and oxygen atoms in total. The van der Waals surface area contributed by atoms with Crippen LogP contribution in [0.5, 0.6) is 0 Å². The fraction of sp³-hybridized carbons (Fsp3) is 0.333. The van der Waals surface area contributed by atoms with Crippen molar-refractivity contribution in [2.75, 3.05) is 0 Å². The van der Waals surface area contributed by atoms with Gasteiger partial charge < -0.3 is 10.2 Å². The molecule has 1 aromatic rings. The van der Waals surface area contributed by atoms with Crippen molar-refractivity contribution < 1.29 is 4.42 Å². The van der Waals surface area contributed by atoms with Crippen LogP contribution in [0.1, 0.15) is 23.1 Å². The van der Waals surface area contributed by atoms with E-state index >= 15 is 0 Å². The molecule has 3 heteroatoms. The lowest BCUT2D eigenvalue weighted by molar-refractivity contribution is 0.468. The molecule has 0 aliphatic heterocycles. The highest BCUT2D eigenvalue weighted by atomic mass is 35.5. The first kappa shape index (κ1) is 11.3. The van der Waals surface area contributed by atoms with E-state index in [1.54, 1.807) is 6.08 Å². The third-order valence-electron chi connectivity index (χ3n) is 1.77. The zero-order valence-electron chi connectivity index (χ0n) is 7.33. The second-order valence-electron chi connectivity index (χ2n) is 2.65. The van der Waals surface area contributed by atoms with Gasteiger partial charge in [-0.25, -0.2) is 0 Å². The number of hydrogen-bond acceptors (Lipinski definition) is 2. The van der Waals surface area contributed by atoms with Crippen LogP contribution in [0.15, 0.2) is 23.1 Å².